The van der Waals surface area contributed by atoms with Crippen LogP contribution in [0.5, 0.6) is 5.75 Å². The van der Waals surface area contributed by atoms with E-state index < -0.39 is 41.8 Å². The molecule has 4 rings (SSSR count). The quantitative estimate of drug-likeness (QED) is 0.0960. The predicted octanol–water partition coefficient (Wildman–Crippen LogP) is 8.08. The van der Waals surface area contributed by atoms with E-state index in [1.807, 2.05) is 6.92 Å². The third kappa shape index (κ3) is 8.14. The second-order valence-electron chi connectivity index (χ2n) is 9.87. The molecule has 0 bridgehead atoms. The second-order valence-corrected chi connectivity index (χ2v) is 9.87. The molecule has 0 fully saturated rings. The Kier molecular flexibility index (Phi) is 9.95. The van der Waals surface area contributed by atoms with E-state index in [9.17, 15) is 35.5 Å². The molecule has 44 heavy (non-hydrogen) atoms. The number of benzene rings is 2. The molecule has 2 aromatic heterocycles. The van der Waals surface area contributed by atoms with Gasteiger partial charge in [-0.25, -0.2) is 18.9 Å². The number of ether oxygens (including phenoxy) is 2. The van der Waals surface area contributed by atoms with Crippen LogP contribution in [-0.4, -0.2) is 40.1 Å². The number of aromatic nitrogens is 3. The van der Waals surface area contributed by atoms with Gasteiger partial charge in [0.15, 0.2) is 11.5 Å². The van der Waals surface area contributed by atoms with Gasteiger partial charge < -0.3 is 9.47 Å². The highest BCUT2D eigenvalue weighted by atomic mass is 19.4. The van der Waals surface area contributed by atoms with E-state index in [1.54, 1.807) is 24.3 Å². The SMILES string of the molecule is CCOC(=O)c1cnn(-c2cccc(-c3cc(F)ccc3CCc3ccc(OCCCC(F)(F)F)cc3C)n2)c1C(F)(F)F. The molecule has 2 aromatic carbocycles. The summed E-state index contributed by atoms with van der Waals surface area (Å²) in [5, 5.41) is 3.76. The molecular weight excluding hydrogens is 595 g/mol. The third-order valence-corrected chi connectivity index (χ3v) is 6.68. The average molecular weight is 624 g/mol. The first-order valence-electron chi connectivity index (χ1n) is 13.6. The van der Waals surface area contributed by atoms with Crippen LogP contribution in [0.4, 0.5) is 30.7 Å². The number of esters is 1. The molecule has 0 saturated carbocycles. The third-order valence-electron chi connectivity index (χ3n) is 6.68. The summed E-state index contributed by atoms with van der Waals surface area (Å²) in [6.45, 7) is 3.10. The fourth-order valence-electron chi connectivity index (χ4n) is 4.62. The van der Waals surface area contributed by atoms with Crippen molar-refractivity contribution < 1.29 is 45.0 Å². The number of nitrogens with zero attached hydrogens (tertiary/aromatic N) is 3. The first-order chi connectivity index (χ1) is 20.8. The van der Waals surface area contributed by atoms with Crippen LogP contribution in [0.25, 0.3) is 17.1 Å². The van der Waals surface area contributed by atoms with Crippen molar-refractivity contribution in [2.75, 3.05) is 13.2 Å². The lowest BCUT2D eigenvalue weighted by molar-refractivity contribution is -0.143. The summed E-state index contributed by atoms with van der Waals surface area (Å²) in [6, 6.07) is 13.5. The molecular formula is C31H28F7N3O3. The van der Waals surface area contributed by atoms with Crippen LogP contribution in [0.15, 0.2) is 60.8 Å². The monoisotopic (exact) mass is 623 g/mol. The van der Waals surface area contributed by atoms with E-state index in [-0.39, 0.29) is 31.1 Å². The van der Waals surface area contributed by atoms with E-state index in [2.05, 4.69) is 10.1 Å². The molecule has 0 atom stereocenters. The van der Waals surface area contributed by atoms with Crippen molar-refractivity contribution in [2.45, 2.75) is 51.9 Å². The highest BCUT2D eigenvalue weighted by Crippen LogP contribution is 2.34. The van der Waals surface area contributed by atoms with E-state index in [0.717, 1.165) is 17.3 Å². The molecule has 2 heterocycles. The zero-order valence-electron chi connectivity index (χ0n) is 23.7. The van der Waals surface area contributed by atoms with Crippen molar-refractivity contribution in [3.63, 3.8) is 0 Å². The van der Waals surface area contributed by atoms with Crippen LogP contribution in [-0.2, 0) is 23.8 Å². The van der Waals surface area contributed by atoms with E-state index in [4.69, 9.17) is 9.47 Å². The van der Waals surface area contributed by atoms with Crippen LogP contribution in [0.1, 0.15) is 52.5 Å². The lowest BCUT2D eigenvalue weighted by Crippen LogP contribution is -2.19. The Balaban J connectivity index is 1.57. The second kappa shape index (κ2) is 13.5. The molecule has 6 nitrogen and oxygen atoms in total. The minimum atomic E-state index is -4.96. The number of carbonyl (C=O) groups is 1. The summed E-state index contributed by atoms with van der Waals surface area (Å²) in [7, 11) is 0. The molecule has 0 saturated heterocycles. The van der Waals surface area contributed by atoms with Crippen molar-refractivity contribution >= 4 is 5.97 Å². The summed E-state index contributed by atoms with van der Waals surface area (Å²) < 4.78 is 104. The van der Waals surface area contributed by atoms with Crippen LogP contribution in [0.3, 0.4) is 0 Å². The van der Waals surface area contributed by atoms with E-state index in [1.165, 1.54) is 37.3 Å². The number of pyridine rings is 1. The number of hydrogen-bond acceptors (Lipinski definition) is 5. The van der Waals surface area contributed by atoms with E-state index in [0.29, 0.717) is 34.4 Å². The summed E-state index contributed by atoms with van der Waals surface area (Å²) >= 11 is 0. The van der Waals surface area contributed by atoms with Crippen molar-refractivity contribution in [1.29, 1.82) is 0 Å². The van der Waals surface area contributed by atoms with Gasteiger partial charge in [-0.15, -0.1) is 0 Å². The highest BCUT2D eigenvalue weighted by Gasteiger charge is 2.41. The predicted molar refractivity (Wildman–Crippen MR) is 147 cm³/mol. The Labute approximate surface area is 248 Å². The molecule has 0 N–H and O–H groups in total. The first-order valence-corrected chi connectivity index (χ1v) is 13.6. The van der Waals surface area contributed by atoms with Gasteiger partial charge in [-0.05, 0) is 86.2 Å². The standard InChI is InChI=1S/C31H28F7N3O3/c1-3-43-29(42)25-18-39-41(28(25)31(36,37)38)27-7-4-6-26(40-27)24-17-22(32)12-10-21(24)9-8-20-11-13-23(16-19(20)2)44-15-5-14-30(33,34)35/h4,6-7,10-13,16-18H,3,5,8-9,14-15H2,1-2H3. The Morgan fingerprint density at radius 1 is 0.955 bits per heavy atom. The van der Waals surface area contributed by atoms with Gasteiger partial charge in [0.05, 0.1) is 25.1 Å². The Bertz CT molecular complexity index is 1610. The Morgan fingerprint density at radius 3 is 2.36 bits per heavy atom. The van der Waals surface area contributed by atoms with Gasteiger partial charge in [-0.1, -0.05) is 18.2 Å². The molecule has 234 valence electrons. The molecule has 0 unspecified atom stereocenters. The minimum absolute atomic E-state index is 0.0730. The molecule has 0 aliphatic carbocycles. The minimum Gasteiger partial charge on any atom is -0.494 e. The van der Waals surface area contributed by atoms with Crippen LogP contribution in [0.2, 0.25) is 0 Å². The van der Waals surface area contributed by atoms with Gasteiger partial charge in [0.2, 0.25) is 0 Å². The van der Waals surface area contributed by atoms with Crippen LogP contribution >= 0.6 is 0 Å². The van der Waals surface area contributed by atoms with Crippen LogP contribution < -0.4 is 4.74 Å². The lowest BCUT2D eigenvalue weighted by Gasteiger charge is -2.14. The molecule has 0 radical (unpaired) electrons. The molecule has 13 heteroatoms. The molecule has 0 aliphatic rings. The molecule has 0 aliphatic heterocycles. The first kappa shape index (κ1) is 32.5. The fraction of sp³-hybridized carbons (Fsp3) is 0.323. The van der Waals surface area contributed by atoms with Gasteiger partial charge >= 0.3 is 18.3 Å². The lowest BCUT2D eigenvalue weighted by atomic mass is 9.95. The van der Waals surface area contributed by atoms with Gasteiger partial charge in [0.25, 0.3) is 0 Å². The molecule has 0 spiro atoms. The van der Waals surface area contributed by atoms with Crippen molar-refractivity contribution in [3.8, 4) is 22.8 Å². The molecule has 4 aromatic rings. The van der Waals surface area contributed by atoms with Gasteiger partial charge in [-0.3, -0.25) is 0 Å². The number of rotatable bonds is 11. The summed E-state index contributed by atoms with van der Waals surface area (Å²) in [6.07, 6.45) is -8.60. The summed E-state index contributed by atoms with van der Waals surface area (Å²) in [5.41, 5.74) is 0.888. The maximum atomic E-state index is 14.4. The zero-order valence-corrected chi connectivity index (χ0v) is 23.7. The maximum absolute atomic E-state index is 14.4. The largest absolute Gasteiger partial charge is 0.494 e. The van der Waals surface area contributed by atoms with Crippen LogP contribution in [0, 0.1) is 12.7 Å². The summed E-state index contributed by atoms with van der Waals surface area (Å²) in [4.78, 5) is 16.5. The Hall–Kier alpha value is -4.42. The van der Waals surface area contributed by atoms with E-state index >= 15 is 0 Å². The number of aryl methyl sites for hydroxylation is 3. The van der Waals surface area contributed by atoms with Gasteiger partial charge in [-0.2, -0.15) is 31.4 Å². The van der Waals surface area contributed by atoms with Crippen molar-refractivity contribution in [1.82, 2.24) is 14.8 Å². The summed E-state index contributed by atoms with van der Waals surface area (Å²) in [5.74, 6) is -1.54. The number of hydrogen-bond donors (Lipinski definition) is 0. The number of alkyl halides is 6. The topological polar surface area (TPSA) is 66.2 Å². The Morgan fingerprint density at radius 2 is 1.68 bits per heavy atom. The highest BCUT2D eigenvalue weighted by molar-refractivity contribution is 5.90. The normalized spacial score (nSPS) is 11.9. The van der Waals surface area contributed by atoms with Crippen molar-refractivity contribution in [2.24, 2.45) is 0 Å². The van der Waals surface area contributed by atoms with Gasteiger partial charge in [0.1, 0.15) is 17.1 Å². The fourth-order valence-corrected chi connectivity index (χ4v) is 4.62. The number of carbonyl (C=O) groups excluding carboxylic acids is 1. The van der Waals surface area contributed by atoms with Gasteiger partial charge in [0, 0.05) is 12.0 Å². The molecule has 0 amide bonds. The smallest absolute Gasteiger partial charge is 0.434 e. The van der Waals surface area contributed by atoms with Crippen molar-refractivity contribution in [3.05, 3.63) is 94.6 Å². The average Bonchev–Trinajstić information content (AvgIpc) is 3.42. The zero-order chi connectivity index (χ0) is 32.1. The number of halogens is 7. The maximum Gasteiger partial charge on any atom is 0.434 e.